The first kappa shape index (κ1) is 16.2. The van der Waals surface area contributed by atoms with Gasteiger partial charge in [0.25, 0.3) is 5.91 Å². The maximum Gasteiger partial charge on any atom is 0.251 e. The Labute approximate surface area is 119 Å². The normalized spacial score (nSPS) is 11.0. The Bertz CT molecular complexity index is 461. The minimum Gasteiger partial charge on any atom is -0.355 e. The summed E-state index contributed by atoms with van der Waals surface area (Å²) in [4.78, 5) is 23.0. The maximum absolute atomic E-state index is 11.7. The second-order valence-electron chi connectivity index (χ2n) is 5.54. The van der Waals surface area contributed by atoms with Crippen molar-refractivity contribution in [2.24, 2.45) is 5.73 Å². The van der Waals surface area contributed by atoms with Gasteiger partial charge in [0.05, 0.1) is 0 Å². The number of benzene rings is 1. The molecule has 5 nitrogen and oxygen atoms in total. The maximum atomic E-state index is 11.7. The van der Waals surface area contributed by atoms with Crippen LogP contribution in [-0.4, -0.2) is 24.4 Å². The van der Waals surface area contributed by atoms with Gasteiger partial charge in [0, 0.05) is 31.1 Å². The molecule has 1 aromatic rings. The topological polar surface area (TPSA) is 84.2 Å². The van der Waals surface area contributed by atoms with Crippen LogP contribution in [0.2, 0.25) is 0 Å². The van der Waals surface area contributed by atoms with Crippen LogP contribution in [0.4, 0.5) is 0 Å². The fraction of sp³-hybridized carbons (Fsp3) is 0.467. The smallest absolute Gasteiger partial charge is 0.251 e. The molecule has 2 amide bonds. The van der Waals surface area contributed by atoms with Gasteiger partial charge in [0.1, 0.15) is 0 Å². The standard InChI is InChI=1S/C15H23N3O2/c1-15(2,16)9-8-13(19)18-10-11-4-6-12(7-5-11)14(20)17-3/h4-7H,8-10,16H2,1-3H3,(H,17,20)(H,18,19). The average Bonchev–Trinajstić information content (AvgIpc) is 2.41. The van der Waals surface area contributed by atoms with Gasteiger partial charge in [-0.05, 0) is 38.0 Å². The van der Waals surface area contributed by atoms with Gasteiger partial charge in [0.2, 0.25) is 5.91 Å². The molecule has 0 aliphatic carbocycles. The molecule has 0 unspecified atom stereocenters. The SMILES string of the molecule is CNC(=O)c1ccc(CNC(=O)CCC(C)(C)N)cc1. The minimum absolute atomic E-state index is 0.0149. The minimum atomic E-state index is -0.327. The van der Waals surface area contributed by atoms with Crippen molar-refractivity contribution >= 4 is 11.8 Å². The number of nitrogens with two attached hydrogens (primary N) is 1. The van der Waals surface area contributed by atoms with Crippen LogP contribution in [0.3, 0.4) is 0 Å². The molecule has 0 radical (unpaired) electrons. The van der Waals surface area contributed by atoms with Gasteiger partial charge in [0.15, 0.2) is 0 Å². The molecule has 0 heterocycles. The van der Waals surface area contributed by atoms with Gasteiger partial charge >= 0.3 is 0 Å². The van der Waals surface area contributed by atoms with Gasteiger partial charge in [-0.2, -0.15) is 0 Å². The molecule has 0 fully saturated rings. The molecule has 0 aliphatic heterocycles. The molecule has 0 aliphatic rings. The number of amides is 2. The molecule has 5 heteroatoms. The van der Waals surface area contributed by atoms with Crippen LogP contribution < -0.4 is 16.4 Å². The Morgan fingerprint density at radius 3 is 2.30 bits per heavy atom. The third kappa shape index (κ3) is 5.84. The number of nitrogens with one attached hydrogen (secondary N) is 2. The van der Waals surface area contributed by atoms with Crippen LogP contribution in [0.5, 0.6) is 0 Å². The summed E-state index contributed by atoms with van der Waals surface area (Å²) in [6.45, 7) is 4.26. The quantitative estimate of drug-likeness (QED) is 0.730. The molecule has 1 aromatic carbocycles. The first-order chi connectivity index (χ1) is 9.31. The van der Waals surface area contributed by atoms with E-state index in [1.54, 1.807) is 19.2 Å². The van der Waals surface area contributed by atoms with Crippen molar-refractivity contribution in [2.75, 3.05) is 7.05 Å². The van der Waals surface area contributed by atoms with Gasteiger partial charge in [-0.25, -0.2) is 0 Å². The van der Waals surface area contributed by atoms with E-state index in [2.05, 4.69) is 10.6 Å². The zero-order valence-electron chi connectivity index (χ0n) is 12.3. The second-order valence-corrected chi connectivity index (χ2v) is 5.54. The van der Waals surface area contributed by atoms with Crippen molar-refractivity contribution in [3.8, 4) is 0 Å². The molecular formula is C15H23N3O2. The Balaban J connectivity index is 2.42. The summed E-state index contributed by atoms with van der Waals surface area (Å²) in [5.74, 6) is -0.135. The van der Waals surface area contributed by atoms with Gasteiger partial charge in [-0.3, -0.25) is 9.59 Å². The van der Waals surface area contributed by atoms with Crippen LogP contribution in [0.25, 0.3) is 0 Å². The molecular weight excluding hydrogens is 254 g/mol. The summed E-state index contributed by atoms with van der Waals surface area (Å²) >= 11 is 0. The number of hydrogen-bond donors (Lipinski definition) is 3. The van der Waals surface area contributed by atoms with Crippen LogP contribution >= 0.6 is 0 Å². The van der Waals surface area contributed by atoms with E-state index in [1.807, 2.05) is 26.0 Å². The van der Waals surface area contributed by atoms with Crippen molar-refractivity contribution in [1.29, 1.82) is 0 Å². The Morgan fingerprint density at radius 1 is 1.20 bits per heavy atom. The van der Waals surface area contributed by atoms with Crippen LogP contribution in [0, 0.1) is 0 Å². The van der Waals surface area contributed by atoms with E-state index in [0.717, 1.165) is 5.56 Å². The van der Waals surface area contributed by atoms with Crippen LogP contribution in [0.1, 0.15) is 42.6 Å². The van der Waals surface area contributed by atoms with E-state index >= 15 is 0 Å². The highest BCUT2D eigenvalue weighted by Crippen LogP contribution is 2.07. The highest BCUT2D eigenvalue weighted by Gasteiger charge is 2.13. The van der Waals surface area contributed by atoms with E-state index in [4.69, 9.17) is 5.73 Å². The lowest BCUT2D eigenvalue weighted by Crippen LogP contribution is -2.34. The molecule has 0 bridgehead atoms. The lowest BCUT2D eigenvalue weighted by Gasteiger charge is -2.17. The summed E-state index contributed by atoms with van der Waals surface area (Å²) < 4.78 is 0. The van der Waals surface area contributed by atoms with Crippen LogP contribution in [-0.2, 0) is 11.3 Å². The molecule has 0 saturated carbocycles. The molecule has 0 saturated heterocycles. The monoisotopic (exact) mass is 277 g/mol. The second kappa shape index (κ2) is 7.05. The lowest BCUT2D eigenvalue weighted by atomic mass is 10.00. The lowest BCUT2D eigenvalue weighted by molar-refractivity contribution is -0.121. The molecule has 1 rings (SSSR count). The summed E-state index contributed by atoms with van der Waals surface area (Å²) in [7, 11) is 1.59. The first-order valence-electron chi connectivity index (χ1n) is 6.68. The number of carbonyl (C=O) groups is 2. The summed E-state index contributed by atoms with van der Waals surface area (Å²) in [5.41, 5.74) is 7.07. The largest absolute Gasteiger partial charge is 0.355 e. The fourth-order valence-electron chi connectivity index (χ4n) is 1.64. The fourth-order valence-corrected chi connectivity index (χ4v) is 1.64. The van der Waals surface area contributed by atoms with Crippen molar-refractivity contribution in [3.05, 3.63) is 35.4 Å². The third-order valence-electron chi connectivity index (χ3n) is 2.93. The molecule has 0 atom stereocenters. The predicted octanol–water partition coefficient (Wildman–Crippen LogP) is 1.18. The molecule has 20 heavy (non-hydrogen) atoms. The van der Waals surface area contributed by atoms with E-state index in [0.29, 0.717) is 24.9 Å². The van der Waals surface area contributed by atoms with Crippen LogP contribution in [0.15, 0.2) is 24.3 Å². The number of carbonyl (C=O) groups excluding carboxylic acids is 2. The zero-order valence-corrected chi connectivity index (χ0v) is 12.3. The molecule has 4 N–H and O–H groups in total. The first-order valence-corrected chi connectivity index (χ1v) is 6.68. The van der Waals surface area contributed by atoms with Gasteiger partial charge in [-0.1, -0.05) is 12.1 Å². The van der Waals surface area contributed by atoms with Crippen molar-refractivity contribution in [1.82, 2.24) is 10.6 Å². The van der Waals surface area contributed by atoms with Gasteiger partial charge < -0.3 is 16.4 Å². The number of rotatable bonds is 6. The molecule has 110 valence electrons. The summed E-state index contributed by atoms with van der Waals surface area (Å²) in [5, 5.41) is 5.40. The summed E-state index contributed by atoms with van der Waals surface area (Å²) in [6, 6.07) is 7.14. The van der Waals surface area contributed by atoms with Crippen molar-refractivity contribution in [3.63, 3.8) is 0 Å². The van der Waals surface area contributed by atoms with E-state index in [-0.39, 0.29) is 17.4 Å². The summed E-state index contributed by atoms with van der Waals surface area (Å²) in [6.07, 6.45) is 1.06. The Kier molecular flexibility index (Phi) is 5.70. The van der Waals surface area contributed by atoms with Gasteiger partial charge in [-0.15, -0.1) is 0 Å². The van der Waals surface area contributed by atoms with E-state index in [9.17, 15) is 9.59 Å². The zero-order chi connectivity index (χ0) is 15.2. The third-order valence-corrected chi connectivity index (χ3v) is 2.93. The van der Waals surface area contributed by atoms with Crippen molar-refractivity contribution < 1.29 is 9.59 Å². The van der Waals surface area contributed by atoms with E-state index in [1.165, 1.54) is 0 Å². The molecule has 0 spiro atoms. The number of hydrogen-bond acceptors (Lipinski definition) is 3. The average molecular weight is 277 g/mol. The molecule has 0 aromatic heterocycles. The highest BCUT2D eigenvalue weighted by atomic mass is 16.2. The Hall–Kier alpha value is -1.88. The van der Waals surface area contributed by atoms with Crippen molar-refractivity contribution in [2.45, 2.75) is 38.8 Å². The van der Waals surface area contributed by atoms with E-state index < -0.39 is 0 Å². The highest BCUT2D eigenvalue weighted by molar-refractivity contribution is 5.93. The Morgan fingerprint density at radius 2 is 1.80 bits per heavy atom. The predicted molar refractivity (Wildman–Crippen MR) is 79.2 cm³/mol.